The topological polar surface area (TPSA) is 98.4 Å². The molecule has 1 unspecified atom stereocenters. The Morgan fingerprint density at radius 1 is 1.00 bits per heavy atom. The second kappa shape index (κ2) is 13.2. The molecule has 38 heavy (non-hydrogen) atoms. The Morgan fingerprint density at radius 2 is 1.71 bits per heavy atom. The number of benzene rings is 2. The Bertz CT molecular complexity index is 1360. The monoisotopic (exact) mass is 556 g/mol. The SMILES string of the molecule is CCOP(=O)(OCC)OCSc1nc(-c2ccnc(NC(C)c3ccccc3)c2)c(-c2ccc(F)cc2)[nH]1. The molecule has 0 radical (unpaired) electrons. The smallest absolute Gasteiger partial charge is 0.364 e. The Kier molecular flexibility index (Phi) is 9.71. The van der Waals surface area contributed by atoms with E-state index in [2.05, 4.69) is 34.3 Å². The van der Waals surface area contributed by atoms with Crippen LogP contribution in [-0.4, -0.2) is 34.1 Å². The van der Waals surface area contributed by atoms with Gasteiger partial charge in [0.05, 0.1) is 24.6 Å². The maximum atomic E-state index is 13.6. The van der Waals surface area contributed by atoms with Crippen molar-refractivity contribution in [2.75, 3.05) is 24.5 Å². The number of hydrogen-bond acceptors (Lipinski definition) is 8. The Hall–Kier alpha value is -3.01. The van der Waals surface area contributed by atoms with Crippen LogP contribution in [0.5, 0.6) is 0 Å². The van der Waals surface area contributed by atoms with Crippen molar-refractivity contribution in [3.63, 3.8) is 0 Å². The van der Waals surface area contributed by atoms with Crippen LogP contribution in [0.25, 0.3) is 22.5 Å². The number of aromatic amines is 1. The van der Waals surface area contributed by atoms with Gasteiger partial charge in [-0.15, -0.1) is 0 Å². The van der Waals surface area contributed by atoms with Gasteiger partial charge in [0, 0.05) is 23.4 Å². The molecule has 0 saturated heterocycles. The molecule has 1 atom stereocenters. The van der Waals surface area contributed by atoms with Gasteiger partial charge in [0.15, 0.2) is 5.16 Å². The number of phosphoric ester groups is 1. The van der Waals surface area contributed by atoms with Gasteiger partial charge in [-0.3, -0.25) is 13.6 Å². The van der Waals surface area contributed by atoms with Gasteiger partial charge in [-0.2, -0.15) is 0 Å². The van der Waals surface area contributed by atoms with Crippen molar-refractivity contribution in [1.29, 1.82) is 0 Å². The Balaban J connectivity index is 1.60. The van der Waals surface area contributed by atoms with Crippen molar-refractivity contribution >= 4 is 25.4 Å². The number of thioether (sulfide) groups is 1. The fourth-order valence-corrected chi connectivity index (χ4v) is 5.76. The van der Waals surface area contributed by atoms with Gasteiger partial charge in [-0.1, -0.05) is 42.1 Å². The van der Waals surface area contributed by atoms with Gasteiger partial charge < -0.3 is 10.3 Å². The third-order valence-electron chi connectivity index (χ3n) is 5.49. The predicted octanol–water partition coefficient (Wildman–Crippen LogP) is 7.70. The van der Waals surface area contributed by atoms with Crippen LogP contribution in [0.2, 0.25) is 0 Å². The lowest BCUT2D eigenvalue weighted by atomic mass is 10.1. The molecule has 4 aromatic rings. The molecule has 0 saturated carbocycles. The Labute approximate surface area is 226 Å². The van der Waals surface area contributed by atoms with E-state index in [0.717, 1.165) is 16.7 Å². The fraction of sp³-hybridized carbons (Fsp3) is 0.259. The highest BCUT2D eigenvalue weighted by atomic mass is 32.2. The van der Waals surface area contributed by atoms with Gasteiger partial charge in [0.2, 0.25) is 0 Å². The normalized spacial score (nSPS) is 12.4. The second-order valence-electron chi connectivity index (χ2n) is 8.15. The molecule has 4 rings (SSSR count). The van der Waals surface area contributed by atoms with Crippen molar-refractivity contribution in [3.8, 4) is 22.5 Å². The first-order valence-electron chi connectivity index (χ1n) is 12.2. The number of H-pyrrole nitrogens is 1. The van der Waals surface area contributed by atoms with Crippen molar-refractivity contribution in [2.45, 2.75) is 32.0 Å². The molecule has 0 fully saturated rings. The molecule has 0 spiro atoms. The number of hydrogen-bond donors (Lipinski definition) is 2. The summed E-state index contributed by atoms with van der Waals surface area (Å²) in [6, 6.07) is 20.1. The number of nitrogens with one attached hydrogen (secondary N) is 2. The number of halogens is 1. The molecule has 2 aromatic carbocycles. The molecule has 8 nitrogen and oxygen atoms in total. The molecule has 0 bridgehead atoms. The molecule has 2 heterocycles. The molecule has 0 aliphatic heterocycles. The van der Waals surface area contributed by atoms with Gasteiger partial charge >= 0.3 is 7.82 Å². The van der Waals surface area contributed by atoms with E-state index >= 15 is 0 Å². The van der Waals surface area contributed by atoms with Gasteiger partial charge in [-0.05, 0) is 62.7 Å². The van der Waals surface area contributed by atoms with E-state index in [4.69, 9.17) is 18.6 Å². The summed E-state index contributed by atoms with van der Waals surface area (Å²) < 4.78 is 42.1. The lowest BCUT2D eigenvalue weighted by Gasteiger charge is -2.15. The second-order valence-corrected chi connectivity index (χ2v) is 10.7. The first kappa shape index (κ1) is 28.0. The van der Waals surface area contributed by atoms with E-state index in [1.54, 1.807) is 32.2 Å². The summed E-state index contributed by atoms with van der Waals surface area (Å²) in [6.07, 6.45) is 1.72. The zero-order chi connectivity index (χ0) is 27.0. The van der Waals surface area contributed by atoms with Crippen LogP contribution >= 0.6 is 19.6 Å². The summed E-state index contributed by atoms with van der Waals surface area (Å²) in [4.78, 5) is 12.5. The minimum atomic E-state index is -3.65. The molecular formula is C27H30FN4O4PS. The standard InChI is InChI=1S/C27H30FN4O4PS/c1-4-34-37(33,35-5-2)36-18-38-27-31-25(21-11-13-23(28)14-12-21)26(32-27)22-15-16-29-24(17-22)30-19(3)20-9-7-6-8-10-20/h6-17,19H,4-5,18H2,1-3H3,(H,29,30)(H,31,32). The number of pyridine rings is 1. The number of anilines is 1. The average molecular weight is 557 g/mol. The van der Waals surface area contributed by atoms with Crippen LogP contribution in [0.15, 0.2) is 78.1 Å². The minimum absolute atomic E-state index is 0.00910. The van der Waals surface area contributed by atoms with Crippen LogP contribution in [0.3, 0.4) is 0 Å². The van der Waals surface area contributed by atoms with Crippen LogP contribution < -0.4 is 5.32 Å². The lowest BCUT2D eigenvalue weighted by molar-refractivity contribution is 0.137. The quantitative estimate of drug-likeness (QED) is 0.0982. The van der Waals surface area contributed by atoms with Crippen LogP contribution in [-0.2, 0) is 18.1 Å². The minimum Gasteiger partial charge on any atom is -0.364 e. The van der Waals surface area contributed by atoms with Gasteiger partial charge in [-0.25, -0.2) is 18.9 Å². The number of imidazole rings is 1. The highest BCUT2D eigenvalue weighted by molar-refractivity contribution is 7.99. The van der Waals surface area contributed by atoms with Gasteiger partial charge in [0.1, 0.15) is 17.6 Å². The third-order valence-corrected chi connectivity index (χ3v) is 7.96. The van der Waals surface area contributed by atoms with E-state index in [1.807, 2.05) is 30.3 Å². The number of rotatable bonds is 13. The maximum Gasteiger partial charge on any atom is 0.475 e. The van der Waals surface area contributed by atoms with Crippen LogP contribution in [0.4, 0.5) is 10.2 Å². The zero-order valence-corrected chi connectivity index (χ0v) is 23.1. The lowest BCUT2D eigenvalue weighted by Crippen LogP contribution is -2.07. The number of phosphoric acid groups is 1. The van der Waals surface area contributed by atoms with Crippen molar-refractivity contribution in [1.82, 2.24) is 15.0 Å². The van der Waals surface area contributed by atoms with Crippen LogP contribution in [0, 0.1) is 5.82 Å². The molecule has 11 heteroatoms. The predicted molar refractivity (Wildman–Crippen MR) is 148 cm³/mol. The highest BCUT2D eigenvalue weighted by Crippen LogP contribution is 2.50. The first-order valence-corrected chi connectivity index (χ1v) is 14.7. The Morgan fingerprint density at radius 3 is 2.39 bits per heavy atom. The summed E-state index contributed by atoms with van der Waals surface area (Å²) in [6.45, 7) is 5.90. The first-order chi connectivity index (χ1) is 18.4. The molecule has 2 aromatic heterocycles. The molecule has 0 aliphatic carbocycles. The van der Waals surface area contributed by atoms with E-state index < -0.39 is 7.82 Å². The molecule has 0 amide bonds. The van der Waals surface area contributed by atoms with E-state index in [-0.39, 0.29) is 31.0 Å². The summed E-state index contributed by atoms with van der Waals surface area (Å²) in [5.74, 6) is 0.356. The van der Waals surface area contributed by atoms with Crippen molar-refractivity contribution in [3.05, 3.63) is 84.3 Å². The summed E-state index contributed by atoms with van der Waals surface area (Å²) in [7, 11) is -3.65. The van der Waals surface area contributed by atoms with Crippen molar-refractivity contribution in [2.24, 2.45) is 0 Å². The fourth-order valence-electron chi connectivity index (χ4n) is 3.73. The average Bonchev–Trinajstić information content (AvgIpc) is 3.34. The van der Waals surface area contributed by atoms with Crippen LogP contribution in [0.1, 0.15) is 32.4 Å². The molecular weight excluding hydrogens is 526 g/mol. The summed E-state index contributed by atoms with van der Waals surface area (Å²) in [5, 5.41) is 3.96. The summed E-state index contributed by atoms with van der Waals surface area (Å²) in [5.41, 5.74) is 4.09. The largest absolute Gasteiger partial charge is 0.475 e. The van der Waals surface area contributed by atoms with Gasteiger partial charge in [0.25, 0.3) is 0 Å². The zero-order valence-electron chi connectivity index (χ0n) is 21.4. The number of aromatic nitrogens is 3. The molecule has 0 aliphatic rings. The highest BCUT2D eigenvalue weighted by Gasteiger charge is 2.26. The summed E-state index contributed by atoms with van der Waals surface area (Å²) >= 11 is 1.21. The maximum absolute atomic E-state index is 13.6. The van der Waals surface area contributed by atoms with E-state index in [1.165, 1.54) is 23.9 Å². The van der Waals surface area contributed by atoms with E-state index in [9.17, 15) is 8.96 Å². The third kappa shape index (κ3) is 7.30. The van der Waals surface area contributed by atoms with Crippen molar-refractivity contribution < 1.29 is 22.5 Å². The van der Waals surface area contributed by atoms with E-state index in [0.29, 0.717) is 22.4 Å². The number of nitrogens with zero attached hydrogens (tertiary/aromatic N) is 2. The molecule has 2 N–H and O–H groups in total. The molecule has 200 valence electrons.